The van der Waals surface area contributed by atoms with Crippen LogP contribution in [0.5, 0.6) is 0 Å². The van der Waals surface area contributed by atoms with Crippen molar-refractivity contribution in [3.8, 4) is 12.3 Å². The van der Waals surface area contributed by atoms with Gasteiger partial charge in [0, 0.05) is 12.3 Å². The average molecular weight is 360 g/mol. The van der Waals surface area contributed by atoms with Crippen LogP contribution in [0.25, 0.3) is 0 Å². The predicted octanol–water partition coefficient (Wildman–Crippen LogP) is 4.28. The molecule has 1 saturated carbocycles. The summed E-state index contributed by atoms with van der Waals surface area (Å²) in [7, 11) is 0. The number of Topliss-reactive ketones (excluding diaryl/α,β-unsaturated/α-hetero) is 1. The first-order chi connectivity index (χ1) is 12.4. The third-order valence-corrected chi connectivity index (χ3v) is 5.04. The van der Waals surface area contributed by atoms with Gasteiger partial charge >= 0.3 is 5.97 Å². The molecule has 3 atom stereocenters. The fourth-order valence-electron chi connectivity index (χ4n) is 3.44. The quantitative estimate of drug-likeness (QED) is 0.309. The molecule has 1 rings (SSSR count). The van der Waals surface area contributed by atoms with Crippen molar-refractivity contribution in [2.45, 2.75) is 76.7 Å². The number of ketones is 1. The van der Waals surface area contributed by atoms with Gasteiger partial charge in [-0.15, -0.1) is 6.42 Å². The summed E-state index contributed by atoms with van der Waals surface area (Å²) in [6.07, 6.45) is 20.2. The molecule has 0 unspecified atom stereocenters. The van der Waals surface area contributed by atoms with Crippen molar-refractivity contribution in [3.63, 3.8) is 0 Å². The number of carboxylic acid groups (broad SMARTS) is 1. The van der Waals surface area contributed by atoms with E-state index in [2.05, 4.69) is 12.8 Å². The standard InChI is InChI=1S/C22H32O4/c1-3-5-10-16-22(26,4-2)17-11-8-6-7-9-13-19(21(24)25)18-14-12-15-20(18)23/h2,6-7,11,17-19,26H,3,5,8-10,12-16H2,1H3,(H,24,25)/b7-6+,17-11-/t18-,19+,22-/m1/s1. The Morgan fingerprint density at radius 2 is 2.15 bits per heavy atom. The first-order valence-electron chi connectivity index (χ1n) is 9.72. The van der Waals surface area contributed by atoms with E-state index in [0.717, 1.165) is 25.7 Å². The Bertz CT molecular complexity index is 555. The number of terminal acetylenes is 1. The van der Waals surface area contributed by atoms with Crippen LogP contribution in [-0.4, -0.2) is 27.6 Å². The largest absolute Gasteiger partial charge is 0.481 e. The van der Waals surface area contributed by atoms with Crippen LogP contribution in [0.3, 0.4) is 0 Å². The second kappa shape index (κ2) is 11.7. The van der Waals surface area contributed by atoms with Gasteiger partial charge in [-0.2, -0.15) is 0 Å². The van der Waals surface area contributed by atoms with E-state index in [-0.39, 0.29) is 11.7 Å². The van der Waals surface area contributed by atoms with Gasteiger partial charge < -0.3 is 10.2 Å². The second-order valence-corrected chi connectivity index (χ2v) is 7.12. The highest BCUT2D eigenvalue weighted by Crippen LogP contribution is 2.31. The van der Waals surface area contributed by atoms with Gasteiger partial charge in [-0.1, -0.05) is 43.9 Å². The number of carbonyl (C=O) groups is 2. The molecular weight excluding hydrogens is 328 g/mol. The highest BCUT2D eigenvalue weighted by molar-refractivity contribution is 5.87. The Balaban J connectivity index is 2.38. The number of rotatable bonds is 12. The Hall–Kier alpha value is -1.86. The van der Waals surface area contributed by atoms with E-state index in [1.165, 1.54) is 0 Å². The molecule has 4 heteroatoms. The monoisotopic (exact) mass is 360 g/mol. The van der Waals surface area contributed by atoms with Gasteiger partial charge in [-0.25, -0.2) is 0 Å². The molecular formula is C22H32O4. The Morgan fingerprint density at radius 1 is 1.38 bits per heavy atom. The van der Waals surface area contributed by atoms with E-state index in [9.17, 15) is 19.8 Å². The van der Waals surface area contributed by atoms with E-state index in [0.29, 0.717) is 38.5 Å². The van der Waals surface area contributed by atoms with Crippen LogP contribution in [0, 0.1) is 24.2 Å². The number of carboxylic acids is 1. The summed E-state index contributed by atoms with van der Waals surface area (Å²) in [6.45, 7) is 2.10. The molecule has 0 aromatic heterocycles. The number of aliphatic carboxylic acids is 1. The highest BCUT2D eigenvalue weighted by Gasteiger charge is 2.35. The molecule has 2 N–H and O–H groups in total. The number of aliphatic hydroxyl groups is 1. The van der Waals surface area contributed by atoms with Gasteiger partial charge in [-0.05, 0) is 51.0 Å². The molecule has 0 bridgehead atoms. The summed E-state index contributed by atoms with van der Waals surface area (Å²) in [5.41, 5.74) is -1.18. The van der Waals surface area contributed by atoms with Crippen molar-refractivity contribution in [3.05, 3.63) is 24.3 Å². The first-order valence-corrected chi connectivity index (χ1v) is 9.72. The van der Waals surface area contributed by atoms with Crippen LogP contribution in [0.2, 0.25) is 0 Å². The van der Waals surface area contributed by atoms with Crippen LogP contribution in [0.1, 0.15) is 71.1 Å². The molecule has 144 valence electrons. The lowest BCUT2D eigenvalue weighted by Gasteiger charge is -2.17. The summed E-state index contributed by atoms with van der Waals surface area (Å²) in [5, 5.41) is 19.6. The van der Waals surface area contributed by atoms with Crippen LogP contribution in [-0.2, 0) is 9.59 Å². The van der Waals surface area contributed by atoms with Gasteiger partial charge in [0.25, 0.3) is 0 Å². The molecule has 26 heavy (non-hydrogen) atoms. The zero-order valence-corrected chi connectivity index (χ0v) is 15.8. The smallest absolute Gasteiger partial charge is 0.307 e. The molecule has 0 aromatic carbocycles. The van der Waals surface area contributed by atoms with Gasteiger partial charge in [0.05, 0.1) is 5.92 Å². The first kappa shape index (κ1) is 22.2. The number of hydrogen-bond acceptors (Lipinski definition) is 3. The molecule has 1 aliphatic carbocycles. The topological polar surface area (TPSA) is 74.6 Å². The molecule has 1 aliphatic rings. The van der Waals surface area contributed by atoms with Gasteiger partial charge in [0.15, 0.2) is 0 Å². The third kappa shape index (κ3) is 7.58. The minimum atomic E-state index is -1.18. The van der Waals surface area contributed by atoms with Crippen molar-refractivity contribution in [1.82, 2.24) is 0 Å². The minimum Gasteiger partial charge on any atom is -0.481 e. The lowest BCUT2D eigenvalue weighted by atomic mass is 9.86. The van der Waals surface area contributed by atoms with Gasteiger partial charge in [-0.3, -0.25) is 9.59 Å². The van der Waals surface area contributed by atoms with E-state index in [1.807, 2.05) is 18.2 Å². The summed E-state index contributed by atoms with van der Waals surface area (Å²) in [6, 6.07) is 0. The maximum atomic E-state index is 11.8. The van der Waals surface area contributed by atoms with Gasteiger partial charge in [0.2, 0.25) is 0 Å². The van der Waals surface area contributed by atoms with Crippen molar-refractivity contribution < 1.29 is 19.8 Å². The Labute approximate surface area is 157 Å². The summed E-state index contributed by atoms with van der Waals surface area (Å²) in [5.74, 6) is 0.793. The third-order valence-electron chi connectivity index (χ3n) is 5.04. The van der Waals surface area contributed by atoms with E-state index in [1.54, 1.807) is 6.08 Å². The van der Waals surface area contributed by atoms with Crippen molar-refractivity contribution in [2.24, 2.45) is 11.8 Å². The Kier molecular flexibility index (Phi) is 9.98. The van der Waals surface area contributed by atoms with E-state index >= 15 is 0 Å². The maximum absolute atomic E-state index is 11.8. The predicted molar refractivity (Wildman–Crippen MR) is 104 cm³/mol. The summed E-state index contributed by atoms with van der Waals surface area (Å²) >= 11 is 0. The summed E-state index contributed by atoms with van der Waals surface area (Å²) < 4.78 is 0. The zero-order valence-electron chi connectivity index (χ0n) is 15.8. The zero-order chi connectivity index (χ0) is 19.4. The molecule has 0 spiro atoms. The van der Waals surface area contributed by atoms with Crippen molar-refractivity contribution in [1.29, 1.82) is 0 Å². The summed E-state index contributed by atoms with van der Waals surface area (Å²) in [4.78, 5) is 23.2. The Morgan fingerprint density at radius 3 is 2.73 bits per heavy atom. The highest BCUT2D eigenvalue weighted by atomic mass is 16.4. The van der Waals surface area contributed by atoms with Crippen LogP contribution in [0.4, 0.5) is 0 Å². The van der Waals surface area contributed by atoms with Crippen LogP contribution < -0.4 is 0 Å². The minimum absolute atomic E-state index is 0.0981. The molecule has 0 aliphatic heterocycles. The molecule has 0 saturated heterocycles. The van der Waals surface area contributed by atoms with Gasteiger partial charge in [0.1, 0.15) is 11.4 Å². The lowest BCUT2D eigenvalue weighted by Crippen LogP contribution is -2.26. The SMILES string of the molecule is C#C[C@](O)(/C=C\C/C=C/CC[C@H](C(=O)O)[C@H]1CCCC1=O)CCCCC. The molecule has 4 nitrogen and oxygen atoms in total. The average Bonchev–Trinajstić information content (AvgIpc) is 3.03. The fourth-order valence-corrected chi connectivity index (χ4v) is 3.44. The molecule has 0 amide bonds. The van der Waals surface area contributed by atoms with Crippen molar-refractivity contribution >= 4 is 11.8 Å². The molecule has 0 heterocycles. The van der Waals surface area contributed by atoms with Crippen LogP contribution in [0.15, 0.2) is 24.3 Å². The lowest BCUT2D eigenvalue weighted by molar-refractivity contribution is -0.146. The molecule has 1 fully saturated rings. The van der Waals surface area contributed by atoms with Crippen molar-refractivity contribution in [2.75, 3.05) is 0 Å². The number of unbranched alkanes of at least 4 members (excludes halogenated alkanes) is 2. The number of hydrogen-bond donors (Lipinski definition) is 2. The number of carbonyl (C=O) groups excluding carboxylic acids is 1. The normalized spacial score (nSPS) is 21.1. The fraction of sp³-hybridized carbons (Fsp3) is 0.636. The maximum Gasteiger partial charge on any atom is 0.307 e. The van der Waals surface area contributed by atoms with E-state index in [4.69, 9.17) is 6.42 Å². The number of allylic oxidation sites excluding steroid dienone is 3. The van der Waals surface area contributed by atoms with Crippen LogP contribution >= 0.6 is 0 Å². The molecule has 0 radical (unpaired) electrons. The second-order valence-electron chi connectivity index (χ2n) is 7.12. The van der Waals surface area contributed by atoms with E-state index < -0.39 is 17.5 Å². The molecule has 0 aromatic rings.